The number of benzene rings is 1. The van der Waals surface area contributed by atoms with Gasteiger partial charge >= 0.3 is 0 Å². The molecule has 1 aromatic heterocycles. The Morgan fingerprint density at radius 3 is 3.05 bits per heavy atom. The van der Waals surface area contributed by atoms with E-state index in [9.17, 15) is 0 Å². The van der Waals surface area contributed by atoms with Crippen molar-refractivity contribution in [2.45, 2.75) is 19.4 Å². The lowest BCUT2D eigenvalue weighted by molar-refractivity contribution is 0.183. The summed E-state index contributed by atoms with van der Waals surface area (Å²) in [5, 5.41) is 1.12. The van der Waals surface area contributed by atoms with E-state index in [2.05, 4.69) is 9.55 Å². The maximum atomic E-state index is 6.28. The van der Waals surface area contributed by atoms with Gasteiger partial charge in [-0.25, -0.2) is 4.98 Å². The molecule has 20 heavy (non-hydrogen) atoms. The highest BCUT2D eigenvalue weighted by Crippen LogP contribution is 2.32. The molecule has 2 heterocycles. The molecular formula is C15H16Cl2N2O. The molecule has 0 aliphatic carbocycles. The number of nitrogens with zero attached hydrogens (tertiary/aromatic N) is 2. The second-order valence-corrected chi connectivity index (χ2v) is 5.85. The summed E-state index contributed by atoms with van der Waals surface area (Å²) in [6.07, 6.45) is 6.05. The minimum absolute atomic E-state index is 0.558. The van der Waals surface area contributed by atoms with Gasteiger partial charge in [0.2, 0.25) is 0 Å². The van der Waals surface area contributed by atoms with E-state index in [4.69, 9.17) is 27.9 Å². The third-order valence-corrected chi connectivity index (χ3v) is 4.53. The summed E-state index contributed by atoms with van der Waals surface area (Å²) in [7, 11) is 0. The van der Waals surface area contributed by atoms with Crippen LogP contribution in [0.5, 0.6) is 0 Å². The van der Waals surface area contributed by atoms with Gasteiger partial charge in [0.15, 0.2) is 0 Å². The van der Waals surface area contributed by atoms with E-state index in [-0.39, 0.29) is 0 Å². The fraction of sp³-hybridized carbons (Fsp3) is 0.400. The van der Waals surface area contributed by atoms with Gasteiger partial charge in [-0.05, 0) is 30.9 Å². The molecule has 0 saturated carbocycles. The van der Waals surface area contributed by atoms with E-state index >= 15 is 0 Å². The molecule has 5 heteroatoms. The molecule has 0 amide bonds. The number of rotatable bonds is 4. The number of aromatic nitrogens is 2. The van der Waals surface area contributed by atoms with Crippen LogP contribution in [0.15, 0.2) is 30.6 Å². The van der Waals surface area contributed by atoms with E-state index in [1.165, 1.54) is 0 Å². The number of hydrogen-bond donors (Lipinski definition) is 0. The number of ether oxygens (including phenoxy) is 1. The molecule has 1 atom stereocenters. The maximum absolute atomic E-state index is 6.28. The van der Waals surface area contributed by atoms with Crippen molar-refractivity contribution in [3.8, 4) is 11.4 Å². The number of aryl methyl sites for hydroxylation is 1. The molecule has 106 valence electrons. The minimum Gasteiger partial charge on any atom is -0.381 e. The molecule has 0 N–H and O–H groups in total. The highest BCUT2D eigenvalue weighted by Gasteiger charge is 2.17. The first-order valence-corrected chi connectivity index (χ1v) is 7.54. The van der Waals surface area contributed by atoms with E-state index in [1.807, 2.05) is 18.3 Å². The molecular weight excluding hydrogens is 295 g/mol. The molecule has 1 saturated heterocycles. The summed E-state index contributed by atoms with van der Waals surface area (Å²) in [5.41, 5.74) is 0.881. The molecule has 2 aromatic rings. The summed E-state index contributed by atoms with van der Waals surface area (Å²) in [4.78, 5) is 4.42. The zero-order chi connectivity index (χ0) is 13.9. The van der Waals surface area contributed by atoms with Gasteiger partial charge < -0.3 is 9.30 Å². The van der Waals surface area contributed by atoms with Crippen molar-refractivity contribution in [2.24, 2.45) is 5.92 Å². The zero-order valence-electron chi connectivity index (χ0n) is 11.1. The fourth-order valence-electron chi connectivity index (χ4n) is 2.54. The molecule has 0 unspecified atom stereocenters. The van der Waals surface area contributed by atoms with E-state index in [0.717, 1.165) is 44.0 Å². The average molecular weight is 311 g/mol. The van der Waals surface area contributed by atoms with Crippen LogP contribution in [0.25, 0.3) is 11.4 Å². The van der Waals surface area contributed by atoms with Crippen molar-refractivity contribution in [3.05, 3.63) is 40.6 Å². The van der Waals surface area contributed by atoms with Gasteiger partial charge in [0.25, 0.3) is 0 Å². The van der Waals surface area contributed by atoms with Crippen LogP contribution in [0.3, 0.4) is 0 Å². The highest BCUT2D eigenvalue weighted by molar-refractivity contribution is 6.43. The average Bonchev–Trinajstić information content (AvgIpc) is 3.10. The van der Waals surface area contributed by atoms with Crippen molar-refractivity contribution in [2.75, 3.05) is 13.2 Å². The van der Waals surface area contributed by atoms with Crippen LogP contribution in [-0.4, -0.2) is 22.8 Å². The predicted molar refractivity (Wildman–Crippen MR) is 81.2 cm³/mol. The Morgan fingerprint density at radius 2 is 2.25 bits per heavy atom. The van der Waals surface area contributed by atoms with Gasteiger partial charge in [-0.15, -0.1) is 0 Å². The second-order valence-electron chi connectivity index (χ2n) is 5.06. The lowest BCUT2D eigenvalue weighted by Crippen LogP contribution is -2.07. The van der Waals surface area contributed by atoms with Crippen LogP contribution in [0.2, 0.25) is 10.0 Å². The van der Waals surface area contributed by atoms with Gasteiger partial charge in [0.1, 0.15) is 5.82 Å². The molecule has 0 bridgehead atoms. The van der Waals surface area contributed by atoms with E-state index in [0.29, 0.717) is 16.0 Å². The zero-order valence-corrected chi connectivity index (χ0v) is 12.6. The second kappa shape index (κ2) is 6.17. The van der Waals surface area contributed by atoms with Crippen molar-refractivity contribution in [1.82, 2.24) is 9.55 Å². The molecule has 3 rings (SSSR count). The highest BCUT2D eigenvalue weighted by atomic mass is 35.5. The van der Waals surface area contributed by atoms with E-state index < -0.39 is 0 Å². The Bertz CT molecular complexity index is 591. The number of imidazole rings is 1. The monoisotopic (exact) mass is 310 g/mol. The fourth-order valence-corrected chi connectivity index (χ4v) is 2.93. The van der Waals surface area contributed by atoms with Crippen LogP contribution < -0.4 is 0 Å². The Morgan fingerprint density at radius 1 is 1.35 bits per heavy atom. The summed E-state index contributed by atoms with van der Waals surface area (Å²) in [6, 6.07) is 5.63. The topological polar surface area (TPSA) is 27.1 Å². The Labute approximate surface area is 128 Å². The lowest BCUT2D eigenvalue weighted by atomic mass is 10.1. The largest absolute Gasteiger partial charge is 0.381 e. The summed E-state index contributed by atoms with van der Waals surface area (Å²) in [6.45, 7) is 2.69. The SMILES string of the molecule is Clc1cccc(-c2nccn2CC[C@H]2CCOC2)c1Cl. The molecule has 1 fully saturated rings. The number of hydrogen-bond acceptors (Lipinski definition) is 2. The number of halogens is 2. The molecule has 0 radical (unpaired) electrons. The maximum Gasteiger partial charge on any atom is 0.141 e. The Hall–Kier alpha value is -1.03. The summed E-state index contributed by atoms with van der Waals surface area (Å²) < 4.78 is 7.55. The third kappa shape index (κ3) is 2.85. The molecule has 3 nitrogen and oxygen atoms in total. The normalized spacial score (nSPS) is 18.6. The van der Waals surface area contributed by atoms with E-state index in [1.54, 1.807) is 12.3 Å². The molecule has 1 aliphatic heterocycles. The molecule has 0 spiro atoms. The predicted octanol–water partition coefficient (Wildman–Crippen LogP) is 4.28. The van der Waals surface area contributed by atoms with Crippen LogP contribution in [0, 0.1) is 5.92 Å². The van der Waals surface area contributed by atoms with Gasteiger partial charge in [-0.2, -0.15) is 0 Å². The Balaban J connectivity index is 1.80. The first-order valence-electron chi connectivity index (χ1n) is 6.79. The molecule has 1 aliphatic rings. The van der Waals surface area contributed by atoms with Crippen molar-refractivity contribution >= 4 is 23.2 Å². The molecule has 1 aromatic carbocycles. The lowest BCUT2D eigenvalue weighted by Gasteiger charge is -2.12. The quantitative estimate of drug-likeness (QED) is 0.842. The van der Waals surface area contributed by atoms with Crippen LogP contribution in [0.1, 0.15) is 12.8 Å². The van der Waals surface area contributed by atoms with Crippen molar-refractivity contribution < 1.29 is 4.74 Å². The van der Waals surface area contributed by atoms with Crippen LogP contribution in [0.4, 0.5) is 0 Å². The van der Waals surface area contributed by atoms with Gasteiger partial charge in [0, 0.05) is 37.7 Å². The standard InChI is InChI=1S/C15H16Cl2N2O/c16-13-3-1-2-12(14(13)17)15-18-6-8-19(15)7-4-11-5-9-20-10-11/h1-3,6,8,11H,4-5,7,9-10H2/t11-/m0/s1. The first-order chi connectivity index (χ1) is 9.75. The van der Waals surface area contributed by atoms with Crippen molar-refractivity contribution in [3.63, 3.8) is 0 Å². The minimum atomic E-state index is 0.558. The van der Waals surface area contributed by atoms with Gasteiger partial charge in [0.05, 0.1) is 10.0 Å². The smallest absolute Gasteiger partial charge is 0.141 e. The van der Waals surface area contributed by atoms with Gasteiger partial charge in [-0.3, -0.25) is 0 Å². The van der Waals surface area contributed by atoms with Crippen LogP contribution >= 0.6 is 23.2 Å². The summed E-state index contributed by atoms with van der Waals surface area (Å²) >= 11 is 12.4. The third-order valence-electron chi connectivity index (χ3n) is 3.71. The first kappa shape index (κ1) is 13.9. The summed E-state index contributed by atoms with van der Waals surface area (Å²) in [5.74, 6) is 1.52. The van der Waals surface area contributed by atoms with Gasteiger partial charge in [-0.1, -0.05) is 29.3 Å². The van der Waals surface area contributed by atoms with Crippen LogP contribution in [-0.2, 0) is 11.3 Å². The van der Waals surface area contributed by atoms with Crippen molar-refractivity contribution in [1.29, 1.82) is 0 Å². The Kier molecular flexibility index (Phi) is 4.29.